The van der Waals surface area contributed by atoms with E-state index < -0.39 is 12.0 Å². The van der Waals surface area contributed by atoms with Gasteiger partial charge in [0.25, 0.3) is 5.91 Å². The average Bonchev–Trinajstić information content (AvgIpc) is 2.93. The molecule has 1 amide bonds. The Morgan fingerprint density at radius 2 is 1.82 bits per heavy atom. The minimum absolute atomic E-state index is 0.0182. The van der Waals surface area contributed by atoms with Crippen LogP contribution in [0.4, 0.5) is 0 Å². The first-order chi connectivity index (χ1) is 18.3. The first-order valence-electron chi connectivity index (χ1n) is 14.2. The maximum Gasteiger partial charge on any atom is 0.326 e. The van der Waals surface area contributed by atoms with E-state index in [4.69, 9.17) is 4.74 Å². The molecule has 0 radical (unpaired) electrons. The fraction of sp³-hybridized carbons (Fsp3) is 0.562. The van der Waals surface area contributed by atoms with E-state index in [1.165, 1.54) is 19.3 Å². The number of nitrogens with one attached hydrogen (secondary N) is 1. The number of ether oxygens (including phenoxy) is 1. The van der Waals surface area contributed by atoms with Crippen molar-refractivity contribution in [2.24, 2.45) is 5.92 Å². The van der Waals surface area contributed by atoms with Gasteiger partial charge in [-0.1, -0.05) is 69.4 Å². The van der Waals surface area contributed by atoms with Gasteiger partial charge in [-0.2, -0.15) is 11.8 Å². The van der Waals surface area contributed by atoms with Gasteiger partial charge >= 0.3 is 5.97 Å². The number of aryl methyl sites for hydroxylation is 1. The summed E-state index contributed by atoms with van der Waals surface area (Å²) in [5.41, 5.74) is 4.49. The van der Waals surface area contributed by atoms with Crippen molar-refractivity contribution in [1.82, 2.24) is 5.32 Å². The van der Waals surface area contributed by atoms with Gasteiger partial charge in [-0.25, -0.2) is 4.79 Å². The summed E-state index contributed by atoms with van der Waals surface area (Å²) in [6, 6.07) is 13.2. The number of thioether (sulfide) groups is 1. The lowest BCUT2D eigenvalue weighted by molar-refractivity contribution is -0.139. The second-order valence-electron chi connectivity index (χ2n) is 10.7. The van der Waals surface area contributed by atoms with Gasteiger partial charge in [0.1, 0.15) is 6.04 Å². The van der Waals surface area contributed by atoms with Gasteiger partial charge in [-0.15, -0.1) is 0 Å². The Morgan fingerprint density at radius 3 is 2.47 bits per heavy atom. The molecule has 2 unspecified atom stereocenters. The summed E-state index contributed by atoms with van der Waals surface area (Å²) >= 11 is 1.57. The highest BCUT2D eigenvalue weighted by molar-refractivity contribution is 7.98. The van der Waals surface area contributed by atoms with Gasteiger partial charge in [0.05, 0.1) is 12.2 Å². The first-order valence-corrected chi connectivity index (χ1v) is 15.6. The van der Waals surface area contributed by atoms with E-state index in [1.807, 2.05) is 49.6 Å². The van der Waals surface area contributed by atoms with Crippen LogP contribution in [-0.4, -0.2) is 41.1 Å². The number of hydrogen-bond donors (Lipinski definition) is 2. The molecule has 0 heterocycles. The van der Waals surface area contributed by atoms with E-state index in [9.17, 15) is 14.7 Å². The summed E-state index contributed by atoms with van der Waals surface area (Å²) < 4.78 is 6.76. The average molecular weight is 540 g/mol. The molecule has 0 aromatic heterocycles. The van der Waals surface area contributed by atoms with Crippen molar-refractivity contribution in [2.75, 3.05) is 12.0 Å². The molecule has 6 heteroatoms. The van der Waals surface area contributed by atoms with Crippen molar-refractivity contribution in [3.63, 3.8) is 0 Å². The molecule has 1 fully saturated rings. The third-order valence-corrected chi connectivity index (χ3v) is 8.33. The maximum absolute atomic E-state index is 13.5. The minimum atomic E-state index is -1.01. The molecule has 0 aliphatic heterocycles. The van der Waals surface area contributed by atoms with Gasteiger partial charge in [0.15, 0.2) is 0 Å². The number of aliphatic carboxylic acids is 1. The zero-order valence-electron chi connectivity index (χ0n) is 23.5. The molecule has 0 saturated heterocycles. The Balaban J connectivity index is 2.02. The highest BCUT2D eigenvalue weighted by atomic mass is 32.2. The monoisotopic (exact) mass is 539 g/mol. The van der Waals surface area contributed by atoms with E-state index >= 15 is 0 Å². The largest absolute Gasteiger partial charge is 0.480 e. The first kappa shape index (κ1) is 30.2. The number of carbonyl (C=O) groups excluding carboxylic acids is 1. The molecule has 2 aromatic carbocycles. The molecule has 2 aromatic rings. The Bertz CT molecular complexity index is 1050. The van der Waals surface area contributed by atoms with Crippen molar-refractivity contribution in [3.05, 3.63) is 59.2 Å². The topological polar surface area (TPSA) is 75.6 Å². The van der Waals surface area contributed by atoms with Crippen molar-refractivity contribution in [3.8, 4) is 11.1 Å². The lowest BCUT2D eigenvalue weighted by Crippen LogP contribution is -2.41. The molecular weight excluding hydrogens is 494 g/mol. The number of hydrogen-bond acceptors (Lipinski definition) is 4. The molecule has 0 bridgehead atoms. The van der Waals surface area contributed by atoms with E-state index in [0.717, 1.165) is 54.4 Å². The number of carbonyl (C=O) groups is 2. The number of carboxylic acids is 1. The molecule has 1 aliphatic rings. The second kappa shape index (κ2) is 15.3. The summed E-state index contributed by atoms with van der Waals surface area (Å²) in [6.07, 6.45) is 11.8. The SMILES string of the molecule is CCCCC(C)OC(c1ccc(C(=O)N[C@@H](CCSC)C(=O)O)c(-c2ccccc2C)c1)C1CCCCC1. The van der Waals surface area contributed by atoms with E-state index in [1.54, 1.807) is 11.8 Å². The highest BCUT2D eigenvalue weighted by Gasteiger charge is 2.29. The van der Waals surface area contributed by atoms with E-state index in [0.29, 0.717) is 23.7 Å². The van der Waals surface area contributed by atoms with Crippen LogP contribution in [0.3, 0.4) is 0 Å². The summed E-state index contributed by atoms with van der Waals surface area (Å²) in [5, 5.41) is 12.5. The molecule has 3 atom stereocenters. The van der Waals surface area contributed by atoms with Gasteiger partial charge in [-0.05, 0) is 91.8 Å². The minimum Gasteiger partial charge on any atom is -0.480 e. The highest BCUT2D eigenvalue weighted by Crippen LogP contribution is 2.40. The van der Waals surface area contributed by atoms with Crippen molar-refractivity contribution < 1.29 is 19.4 Å². The van der Waals surface area contributed by atoms with Crippen LogP contribution in [0.5, 0.6) is 0 Å². The molecule has 2 N–H and O–H groups in total. The van der Waals surface area contributed by atoms with Gasteiger partial charge in [0.2, 0.25) is 0 Å². The summed E-state index contributed by atoms with van der Waals surface area (Å²) in [5.74, 6) is -0.236. The number of benzene rings is 2. The smallest absolute Gasteiger partial charge is 0.326 e. The zero-order valence-corrected chi connectivity index (χ0v) is 24.3. The Hall–Kier alpha value is -2.31. The molecular formula is C32H45NO4S. The fourth-order valence-corrected chi connectivity index (χ4v) is 5.94. The molecule has 1 aliphatic carbocycles. The second-order valence-corrected chi connectivity index (χ2v) is 11.7. The summed E-state index contributed by atoms with van der Waals surface area (Å²) in [4.78, 5) is 25.3. The molecule has 5 nitrogen and oxygen atoms in total. The molecule has 3 rings (SSSR count). The normalized spacial score (nSPS) is 16.5. The maximum atomic E-state index is 13.5. The Morgan fingerprint density at radius 1 is 1.08 bits per heavy atom. The fourth-order valence-electron chi connectivity index (χ4n) is 5.47. The lowest BCUT2D eigenvalue weighted by Gasteiger charge is -2.33. The van der Waals surface area contributed by atoms with E-state index in [2.05, 4.69) is 25.2 Å². The number of carboxylic acid groups (broad SMARTS) is 1. The number of amides is 1. The van der Waals surface area contributed by atoms with Crippen molar-refractivity contribution >= 4 is 23.6 Å². The standard InChI is InChI=1S/C32H45NO4S/c1-5-6-13-23(3)37-30(24-14-8-7-9-15-24)25-17-18-27(28(21-25)26-16-11-10-12-22(26)2)31(34)33-29(32(35)36)19-20-38-4/h10-12,16-18,21,23-24,29-30H,5-9,13-15,19-20H2,1-4H3,(H,33,34)(H,35,36)/t23?,29-,30?/m0/s1. The number of unbranched alkanes of at least 4 members (excludes halogenated alkanes) is 1. The van der Waals surface area contributed by atoms with Gasteiger partial charge in [0, 0.05) is 5.56 Å². The summed E-state index contributed by atoms with van der Waals surface area (Å²) in [7, 11) is 0. The Kier molecular flexibility index (Phi) is 12.2. The molecule has 208 valence electrons. The van der Waals surface area contributed by atoms with Crippen LogP contribution < -0.4 is 5.32 Å². The van der Waals surface area contributed by atoms with Gasteiger partial charge in [-0.3, -0.25) is 4.79 Å². The van der Waals surface area contributed by atoms with E-state index in [-0.39, 0.29) is 18.1 Å². The van der Waals surface area contributed by atoms with Gasteiger partial charge < -0.3 is 15.2 Å². The van der Waals surface area contributed by atoms with Crippen LogP contribution in [0.1, 0.15) is 99.2 Å². The van der Waals surface area contributed by atoms with Crippen LogP contribution in [0, 0.1) is 12.8 Å². The van der Waals surface area contributed by atoms with Crippen LogP contribution in [0.25, 0.3) is 11.1 Å². The van der Waals surface area contributed by atoms with Crippen LogP contribution in [-0.2, 0) is 9.53 Å². The lowest BCUT2D eigenvalue weighted by atomic mass is 9.81. The van der Waals surface area contributed by atoms with Crippen LogP contribution in [0.2, 0.25) is 0 Å². The predicted molar refractivity (Wildman–Crippen MR) is 158 cm³/mol. The van der Waals surface area contributed by atoms with Crippen molar-refractivity contribution in [1.29, 1.82) is 0 Å². The molecule has 1 saturated carbocycles. The predicted octanol–water partition coefficient (Wildman–Crippen LogP) is 7.81. The molecule has 38 heavy (non-hydrogen) atoms. The summed E-state index contributed by atoms with van der Waals surface area (Å²) in [6.45, 7) is 6.43. The number of rotatable bonds is 14. The zero-order chi connectivity index (χ0) is 27.5. The van der Waals surface area contributed by atoms with Crippen LogP contribution in [0.15, 0.2) is 42.5 Å². The van der Waals surface area contributed by atoms with Crippen LogP contribution >= 0.6 is 11.8 Å². The quantitative estimate of drug-likeness (QED) is 0.256. The third kappa shape index (κ3) is 8.34. The Labute approximate surface area is 233 Å². The van der Waals surface area contributed by atoms with Crippen molar-refractivity contribution in [2.45, 2.75) is 96.8 Å². The molecule has 0 spiro atoms. The third-order valence-electron chi connectivity index (χ3n) is 7.69.